The molecule has 0 saturated heterocycles. The van der Waals surface area contributed by atoms with Crippen LogP contribution < -0.4 is 15.2 Å². The van der Waals surface area contributed by atoms with Crippen molar-refractivity contribution >= 4 is 22.7 Å². The highest BCUT2D eigenvalue weighted by molar-refractivity contribution is 8.15. The normalized spacial score (nSPS) is 24.6. The Kier molecular flexibility index (Phi) is 4.43. The third-order valence-corrected chi connectivity index (χ3v) is 4.77. The van der Waals surface area contributed by atoms with Crippen LogP contribution in [0.15, 0.2) is 23.2 Å². The second-order valence-corrected chi connectivity index (χ2v) is 5.73. The summed E-state index contributed by atoms with van der Waals surface area (Å²) in [6, 6.07) is 5.45. The smallest absolute Gasteiger partial charge is 0.248 e. The zero-order chi connectivity index (χ0) is 15.6. The monoisotopic (exact) mass is 310 g/mol. The molecule has 0 saturated carbocycles. The number of benzene rings is 1. The van der Waals surface area contributed by atoms with Crippen molar-refractivity contribution in [3.63, 3.8) is 0 Å². The maximum absolute atomic E-state index is 11.7. The number of rotatable bonds is 5. The van der Waals surface area contributed by atoms with Gasteiger partial charge in [0.15, 0.2) is 17.0 Å². The highest BCUT2D eigenvalue weighted by Crippen LogP contribution is 2.39. The zero-order valence-corrected chi connectivity index (χ0v) is 13.2. The third kappa shape index (κ3) is 2.71. The van der Waals surface area contributed by atoms with Crippen LogP contribution in [0.5, 0.6) is 11.5 Å². The van der Waals surface area contributed by atoms with Crippen molar-refractivity contribution in [3.05, 3.63) is 23.8 Å². The zero-order valence-electron chi connectivity index (χ0n) is 12.4. The molecule has 1 amide bonds. The lowest BCUT2D eigenvalue weighted by Crippen LogP contribution is -2.46. The number of carbonyl (C=O) groups is 1. The lowest BCUT2D eigenvalue weighted by Gasteiger charge is -2.22. The fraction of sp³-hybridized carbons (Fsp3) is 0.429. The van der Waals surface area contributed by atoms with Gasteiger partial charge in [-0.3, -0.25) is 9.79 Å². The summed E-state index contributed by atoms with van der Waals surface area (Å²) in [5.41, 5.74) is 4.75. The van der Waals surface area contributed by atoms with Crippen LogP contribution in [0.2, 0.25) is 0 Å². The van der Waals surface area contributed by atoms with Gasteiger partial charge in [-0.15, -0.1) is 0 Å². The molecule has 1 aliphatic rings. The van der Waals surface area contributed by atoms with Crippen LogP contribution in [-0.4, -0.2) is 43.3 Å². The van der Waals surface area contributed by atoms with E-state index >= 15 is 0 Å². The number of hydrogen-bond donors (Lipinski definition) is 1. The summed E-state index contributed by atoms with van der Waals surface area (Å²) in [6.45, 7) is 1.67. The van der Waals surface area contributed by atoms with Crippen LogP contribution >= 0.6 is 11.8 Å². The molecule has 0 fully saturated rings. The molecule has 1 aromatic carbocycles. The molecule has 2 atom stereocenters. The van der Waals surface area contributed by atoms with E-state index in [0.717, 1.165) is 5.56 Å². The average molecular weight is 310 g/mol. The Bertz CT molecular complexity index is 590. The van der Waals surface area contributed by atoms with Crippen molar-refractivity contribution in [2.45, 2.75) is 17.9 Å². The molecule has 0 aromatic heterocycles. The molecular formula is C14H18N2O4S. The fourth-order valence-electron chi connectivity index (χ4n) is 2.06. The first kappa shape index (κ1) is 15.7. The molecular weight excluding hydrogens is 292 g/mol. The lowest BCUT2D eigenvalue weighted by atomic mass is 10.0. The quantitative estimate of drug-likeness (QED) is 0.889. The molecule has 0 spiro atoms. The van der Waals surface area contributed by atoms with Gasteiger partial charge < -0.3 is 19.9 Å². The molecule has 0 aliphatic carbocycles. The van der Waals surface area contributed by atoms with E-state index in [2.05, 4.69) is 4.99 Å². The van der Waals surface area contributed by atoms with Gasteiger partial charge in [0.05, 0.1) is 14.2 Å². The van der Waals surface area contributed by atoms with Crippen molar-refractivity contribution < 1.29 is 19.0 Å². The summed E-state index contributed by atoms with van der Waals surface area (Å²) in [4.78, 5) is 16.1. The van der Waals surface area contributed by atoms with E-state index in [1.54, 1.807) is 27.2 Å². The van der Waals surface area contributed by atoms with E-state index in [4.69, 9.17) is 19.9 Å². The Morgan fingerprint density at radius 2 is 1.95 bits per heavy atom. The predicted molar refractivity (Wildman–Crippen MR) is 82.1 cm³/mol. The Hall–Kier alpha value is -1.73. The van der Waals surface area contributed by atoms with Crippen LogP contribution in [0.4, 0.5) is 0 Å². The van der Waals surface area contributed by atoms with Crippen LogP contribution in [-0.2, 0) is 9.53 Å². The summed E-state index contributed by atoms with van der Waals surface area (Å²) in [5, 5.41) is 0.684. The fourth-order valence-corrected chi connectivity index (χ4v) is 3.26. The Balaban J connectivity index is 2.41. The third-order valence-electron chi connectivity index (χ3n) is 3.35. The molecule has 0 bridgehead atoms. The van der Waals surface area contributed by atoms with Gasteiger partial charge in [0.2, 0.25) is 5.91 Å². The van der Waals surface area contributed by atoms with Crippen molar-refractivity contribution in [2.75, 3.05) is 21.3 Å². The van der Waals surface area contributed by atoms with Crippen LogP contribution in [0, 0.1) is 0 Å². The lowest BCUT2D eigenvalue weighted by molar-refractivity contribution is -0.124. The molecule has 1 aromatic rings. The Morgan fingerprint density at radius 3 is 2.43 bits per heavy atom. The molecule has 1 unspecified atom stereocenters. The molecule has 21 heavy (non-hydrogen) atoms. The molecule has 1 aliphatic heterocycles. The van der Waals surface area contributed by atoms with Gasteiger partial charge in [-0.1, -0.05) is 11.8 Å². The minimum absolute atomic E-state index is 0.446. The highest BCUT2D eigenvalue weighted by Gasteiger charge is 2.46. The van der Waals surface area contributed by atoms with Gasteiger partial charge in [0.25, 0.3) is 0 Å². The number of nitrogens with two attached hydrogens (primary N) is 1. The number of amides is 1. The van der Waals surface area contributed by atoms with Crippen molar-refractivity contribution in [3.8, 4) is 11.5 Å². The molecule has 2 rings (SSSR count). The van der Waals surface area contributed by atoms with Crippen LogP contribution in [0.3, 0.4) is 0 Å². The van der Waals surface area contributed by atoms with Gasteiger partial charge in [-0.25, -0.2) is 0 Å². The average Bonchev–Trinajstić information content (AvgIpc) is 2.85. The van der Waals surface area contributed by atoms with Crippen molar-refractivity contribution in [1.29, 1.82) is 0 Å². The summed E-state index contributed by atoms with van der Waals surface area (Å²) in [6.07, 6.45) is 0. The molecule has 2 N–H and O–H groups in total. The van der Waals surface area contributed by atoms with Gasteiger partial charge in [0, 0.05) is 12.7 Å². The van der Waals surface area contributed by atoms with Crippen molar-refractivity contribution in [2.24, 2.45) is 10.7 Å². The van der Waals surface area contributed by atoms with Gasteiger partial charge in [0.1, 0.15) is 10.5 Å². The topological polar surface area (TPSA) is 83.1 Å². The Labute approximate surface area is 127 Å². The van der Waals surface area contributed by atoms with E-state index in [1.807, 2.05) is 12.1 Å². The van der Waals surface area contributed by atoms with Gasteiger partial charge in [-0.05, 0) is 25.1 Å². The number of aliphatic imine (C=N–C) groups is 1. The second kappa shape index (κ2) is 5.95. The first-order valence-electron chi connectivity index (χ1n) is 6.28. The number of primary amides is 1. The summed E-state index contributed by atoms with van der Waals surface area (Å²) < 4.78 is 15.8. The van der Waals surface area contributed by atoms with E-state index < -0.39 is 16.9 Å². The van der Waals surface area contributed by atoms with Gasteiger partial charge in [-0.2, -0.15) is 0 Å². The largest absolute Gasteiger partial charge is 0.493 e. The summed E-state index contributed by atoms with van der Waals surface area (Å²) >= 11 is 1.36. The number of nitrogens with zero attached hydrogens (tertiary/aromatic N) is 1. The molecule has 0 radical (unpaired) electrons. The molecule has 114 valence electrons. The van der Waals surface area contributed by atoms with E-state index in [9.17, 15) is 4.79 Å². The number of hydrogen-bond acceptors (Lipinski definition) is 6. The first-order chi connectivity index (χ1) is 9.96. The maximum Gasteiger partial charge on any atom is 0.248 e. The molecule has 7 heteroatoms. The number of methoxy groups -OCH3 is 3. The standard InChI is InChI=1S/C14H18N2O4S/c1-14(12(15)17)13(20-4)21-11(16-14)8-5-6-9(18-2)10(7-8)19-3/h5-7,13H,1-4H3,(H2,15,17)/t13?,14-/m1/s1. The molecule has 1 heterocycles. The SMILES string of the molecule is COc1ccc(C2=N[C@](C)(C(N)=O)C(OC)S2)cc1OC. The van der Waals surface area contributed by atoms with Gasteiger partial charge >= 0.3 is 0 Å². The van der Waals surface area contributed by atoms with Crippen molar-refractivity contribution in [1.82, 2.24) is 0 Å². The first-order valence-corrected chi connectivity index (χ1v) is 7.15. The number of carbonyl (C=O) groups excluding carboxylic acids is 1. The predicted octanol–water partition coefficient (Wildman–Crippen LogP) is 1.41. The summed E-state index contributed by atoms with van der Waals surface area (Å²) in [5.74, 6) is 0.711. The highest BCUT2D eigenvalue weighted by atomic mass is 32.2. The van der Waals surface area contributed by atoms with E-state index in [0.29, 0.717) is 16.5 Å². The van der Waals surface area contributed by atoms with E-state index in [-0.39, 0.29) is 0 Å². The molecule has 6 nitrogen and oxygen atoms in total. The van der Waals surface area contributed by atoms with E-state index in [1.165, 1.54) is 18.9 Å². The summed E-state index contributed by atoms with van der Waals surface area (Å²) in [7, 11) is 4.67. The number of thioether (sulfide) groups is 1. The van der Waals surface area contributed by atoms with Crippen LogP contribution in [0.25, 0.3) is 0 Å². The Morgan fingerprint density at radius 1 is 1.29 bits per heavy atom. The number of ether oxygens (including phenoxy) is 3. The minimum atomic E-state index is -1.08. The van der Waals surface area contributed by atoms with Crippen LogP contribution in [0.1, 0.15) is 12.5 Å². The minimum Gasteiger partial charge on any atom is -0.493 e. The second-order valence-electron chi connectivity index (χ2n) is 4.68. The maximum atomic E-state index is 11.7.